The highest BCUT2D eigenvalue weighted by Crippen LogP contribution is 2.30. The number of rotatable bonds is 4. The summed E-state index contributed by atoms with van der Waals surface area (Å²) in [5.74, 6) is -0.955. The Labute approximate surface area is 123 Å². The summed E-state index contributed by atoms with van der Waals surface area (Å²) in [6.45, 7) is 3.76. The molecule has 0 atom stereocenters. The van der Waals surface area contributed by atoms with Gasteiger partial charge in [0.25, 0.3) is 0 Å². The van der Waals surface area contributed by atoms with E-state index in [2.05, 4.69) is 32.5 Å². The quantitative estimate of drug-likeness (QED) is 0.874. The number of aryl methyl sites for hydroxylation is 2. The number of carboxylic acid groups (broad SMARTS) is 1. The van der Waals surface area contributed by atoms with Crippen LogP contribution in [-0.4, -0.2) is 15.4 Å². The number of carboxylic acids is 1. The minimum Gasteiger partial charge on any atom is -0.478 e. The first-order valence-corrected chi connectivity index (χ1v) is 7.34. The van der Waals surface area contributed by atoms with Crippen molar-refractivity contribution in [2.45, 2.75) is 20.3 Å². The van der Waals surface area contributed by atoms with Crippen LogP contribution in [0.2, 0.25) is 0 Å². The molecule has 19 heavy (non-hydrogen) atoms. The van der Waals surface area contributed by atoms with Gasteiger partial charge in [0.1, 0.15) is 10.6 Å². The van der Waals surface area contributed by atoms with Crippen molar-refractivity contribution in [3.63, 3.8) is 0 Å². The highest BCUT2D eigenvalue weighted by molar-refractivity contribution is 9.10. The molecule has 2 aromatic rings. The Hall–Kier alpha value is -1.40. The summed E-state index contributed by atoms with van der Waals surface area (Å²) in [7, 11) is 0. The fraction of sp³-hybridized carbons (Fsp3) is 0.231. The van der Waals surface area contributed by atoms with Crippen molar-refractivity contribution in [2.75, 3.05) is 5.32 Å². The van der Waals surface area contributed by atoms with Crippen LogP contribution in [0.25, 0.3) is 0 Å². The van der Waals surface area contributed by atoms with E-state index in [0.29, 0.717) is 10.7 Å². The number of halogens is 1. The highest BCUT2D eigenvalue weighted by Gasteiger charge is 2.18. The van der Waals surface area contributed by atoms with E-state index >= 15 is 0 Å². The summed E-state index contributed by atoms with van der Waals surface area (Å²) in [5, 5.41) is 13.0. The molecule has 0 saturated carbocycles. The summed E-state index contributed by atoms with van der Waals surface area (Å²) >= 11 is 4.60. The molecule has 4 nitrogen and oxygen atoms in total. The molecule has 0 spiro atoms. The van der Waals surface area contributed by atoms with Crippen molar-refractivity contribution in [1.82, 2.24) is 4.37 Å². The molecule has 0 saturated heterocycles. The van der Waals surface area contributed by atoms with Crippen LogP contribution in [0, 0.1) is 6.92 Å². The zero-order valence-electron chi connectivity index (χ0n) is 10.5. The van der Waals surface area contributed by atoms with Gasteiger partial charge < -0.3 is 10.4 Å². The number of carbonyl (C=O) groups is 1. The Kier molecular flexibility index (Phi) is 4.21. The van der Waals surface area contributed by atoms with Crippen LogP contribution in [0.1, 0.15) is 28.5 Å². The van der Waals surface area contributed by atoms with Gasteiger partial charge in [0.05, 0.1) is 5.69 Å². The maximum Gasteiger partial charge on any atom is 0.340 e. The highest BCUT2D eigenvalue weighted by atomic mass is 79.9. The molecule has 2 N–H and O–H groups in total. The zero-order chi connectivity index (χ0) is 14.0. The normalized spacial score (nSPS) is 10.5. The second-order valence-corrected chi connectivity index (χ2v) is 5.75. The van der Waals surface area contributed by atoms with Crippen molar-refractivity contribution in [3.05, 3.63) is 39.5 Å². The predicted molar refractivity (Wildman–Crippen MR) is 80.6 cm³/mol. The first-order chi connectivity index (χ1) is 9.02. The van der Waals surface area contributed by atoms with Gasteiger partial charge in [-0.3, -0.25) is 0 Å². The molecule has 0 unspecified atom stereocenters. The van der Waals surface area contributed by atoms with Gasteiger partial charge in [-0.15, -0.1) is 0 Å². The molecule has 0 aliphatic heterocycles. The van der Waals surface area contributed by atoms with E-state index in [0.717, 1.165) is 22.1 Å². The average molecular weight is 341 g/mol. The number of nitrogens with zero attached hydrogens (tertiary/aromatic N) is 1. The van der Waals surface area contributed by atoms with E-state index in [4.69, 9.17) is 0 Å². The Morgan fingerprint density at radius 2 is 2.26 bits per heavy atom. The molecule has 0 amide bonds. The lowest BCUT2D eigenvalue weighted by molar-refractivity contribution is 0.0697. The van der Waals surface area contributed by atoms with E-state index in [9.17, 15) is 9.90 Å². The van der Waals surface area contributed by atoms with E-state index in [1.54, 1.807) is 6.92 Å². The lowest BCUT2D eigenvalue weighted by Crippen LogP contribution is -2.02. The van der Waals surface area contributed by atoms with Gasteiger partial charge in [-0.1, -0.05) is 22.9 Å². The predicted octanol–water partition coefficient (Wildman–Crippen LogP) is 4.22. The van der Waals surface area contributed by atoms with Crippen molar-refractivity contribution < 1.29 is 9.90 Å². The summed E-state index contributed by atoms with van der Waals surface area (Å²) in [5.41, 5.74) is 2.82. The van der Waals surface area contributed by atoms with E-state index in [1.807, 2.05) is 18.2 Å². The van der Waals surface area contributed by atoms with E-state index < -0.39 is 5.97 Å². The lowest BCUT2D eigenvalue weighted by atomic mass is 10.1. The van der Waals surface area contributed by atoms with Crippen LogP contribution < -0.4 is 5.32 Å². The molecule has 0 bridgehead atoms. The summed E-state index contributed by atoms with van der Waals surface area (Å²) in [6.07, 6.45) is 0.863. The lowest BCUT2D eigenvalue weighted by Gasteiger charge is -2.10. The number of nitrogens with one attached hydrogen (secondary N) is 1. The average Bonchev–Trinajstić information content (AvgIpc) is 2.72. The topological polar surface area (TPSA) is 62.2 Å². The number of hydrogen-bond donors (Lipinski definition) is 2. The Bertz CT molecular complexity index is 625. The first-order valence-electron chi connectivity index (χ1n) is 5.78. The summed E-state index contributed by atoms with van der Waals surface area (Å²) < 4.78 is 5.10. The molecule has 1 aromatic heterocycles. The third kappa shape index (κ3) is 2.96. The minimum atomic E-state index is -0.955. The standard InChI is InChI=1S/C13H13BrN2O2S/c1-3-8-6-9(14)4-5-10(8)15-12-11(13(17)18)7(2)16-19-12/h4-6,15H,3H2,1-2H3,(H,17,18). The van der Waals surface area contributed by atoms with Crippen LogP contribution in [0.4, 0.5) is 10.7 Å². The molecule has 0 aliphatic rings. The molecular formula is C13H13BrN2O2S. The van der Waals surface area contributed by atoms with Crippen LogP contribution in [0.5, 0.6) is 0 Å². The number of aromatic nitrogens is 1. The van der Waals surface area contributed by atoms with Crippen LogP contribution in [0.15, 0.2) is 22.7 Å². The third-order valence-electron chi connectivity index (χ3n) is 2.77. The van der Waals surface area contributed by atoms with Gasteiger partial charge in [0.15, 0.2) is 0 Å². The molecular weight excluding hydrogens is 328 g/mol. The zero-order valence-corrected chi connectivity index (χ0v) is 12.9. The largest absolute Gasteiger partial charge is 0.478 e. The van der Waals surface area contributed by atoms with Gasteiger partial charge in [0, 0.05) is 10.2 Å². The molecule has 0 radical (unpaired) electrons. The first kappa shape index (κ1) is 14.0. The van der Waals surface area contributed by atoms with Crippen molar-refractivity contribution in [1.29, 1.82) is 0 Å². The molecule has 6 heteroatoms. The van der Waals surface area contributed by atoms with Gasteiger partial charge >= 0.3 is 5.97 Å². The van der Waals surface area contributed by atoms with Crippen molar-refractivity contribution in [2.24, 2.45) is 0 Å². The molecule has 0 fully saturated rings. The second-order valence-electron chi connectivity index (χ2n) is 4.06. The maximum atomic E-state index is 11.2. The van der Waals surface area contributed by atoms with Gasteiger partial charge in [-0.05, 0) is 48.6 Å². The summed E-state index contributed by atoms with van der Waals surface area (Å²) in [4.78, 5) is 11.2. The Morgan fingerprint density at radius 1 is 1.53 bits per heavy atom. The smallest absolute Gasteiger partial charge is 0.340 e. The molecule has 2 rings (SSSR count). The van der Waals surface area contributed by atoms with Gasteiger partial charge in [0.2, 0.25) is 0 Å². The number of benzene rings is 1. The number of aromatic carboxylic acids is 1. The fourth-order valence-electron chi connectivity index (χ4n) is 1.81. The fourth-order valence-corrected chi connectivity index (χ4v) is 3.02. The third-order valence-corrected chi connectivity index (χ3v) is 4.12. The van der Waals surface area contributed by atoms with Crippen LogP contribution in [0.3, 0.4) is 0 Å². The van der Waals surface area contributed by atoms with Gasteiger partial charge in [-0.25, -0.2) is 4.79 Å². The Balaban J connectivity index is 2.39. The summed E-state index contributed by atoms with van der Waals surface area (Å²) in [6, 6.07) is 5.89. The van der Waals surface area contributed by atoms with E-state index in [1.165, 1.54) is 11.5 Å². The molecule has 100 valence electrons. The molecule has 1 heterocycles. The molecule has 1 aromatic carbocycles. The second kappa shape index (κ2) is 5.71. The van der Waals surface area contributed by atoms with Crippen LogP contribution in [-0.2, 0) is 6.42 Å². The number of anilines is 2. The van der Waals surface area contributed by atoms with E-state index in [-0.39, 0.29) is 5.56 Å². The Morgan fingerprint density at radius 3 is 2.89 bits per heavy atom. The maximum absolute atomic E-state index is 11.2. The minimum absolute atomic E-state index is 0.245. The van der Waals surface area contributed by atoms with Crippen LogP contribution >= 0.6 is 27.5 Å². The van der Waals surface area contributed by atoms with Crippen molar-refractivity contribution in [3.8, 4) is 0 Å². The monoisotopic (exact) mass is 340 g/mol. The SMILES string of the molecule is CCc1cc(Br)ccc1Nc1snc(C)c1C(=O)O. The molecule has 0 aliphatic carbocycles. The van der Waals surface area contributed by atoms with Crippen molar-refractivity contribution >= 4 is 44.1 Å². The van der Waals surface area contributed by atoms with Gasteiger partial charge in [-0.2, -0.15) is 4.37 Å². The number of hydrogen-bond acceptors (Lipinski definition) is 4.